The Morgan fingerprint density at radius 2 is 1.81 bits per heavy atom. The van der Waals surface area contributed by atoms with E-state index in [-0.39, 0.29) is 11.9 Å². The van der Waals surface area contributed by atoms with Crippen molar-refractivity contribution in [2.24, 2.45) is 0 Å². The van der Waals surface area contributed by atoms with Crippen molar-refractivity contribution >= 4 is 34.0 Å². The Balaban J connectivity index is 1.43. The zero-order valence-corrected chi connectivity index (χ0v) is 21.7. The Morgan fingerprint density at radius 3 is 2.57 bits per heavy atom. The third-order valence-electron chi connectivity index (χ3n) is 6.87. The van der Waals surface area contributed by atoms with Gasteiger partial charge in [-0.1, -0.05) is 30.3 Å². The summed E-state index contributed by atoms with van der Waals surface area (Å²) in [7, 11) is 3.23. The number of piperazine rings is 1. The number of aromatic nitrogens is 1. The zero-order valence-electron chi connectivity index (χ0n) is 21.7. The standard InChI is InChI=1S/C30H32N4O3/c1-20-8-7-9-22(16-20)34-15-14-33(19-21(34)2)30(35)25-18-29(31-26-11-6-5-10-24(25)26)32-27-13-12-23(36-3)17-28(27)37-4/h5-13,16-18,21H,14-15,19H2,1-4H3,(H,31,32)/t21-/m0/s1. The number of pyridine rings is 1. The second kappa shape index (κ2) is 10.4. The lowest BCUT2D eigenvalue weighted by Gasteiger charge is -2.41. The molecule has 0 bridgehead atoms. The molecule has 0 aliphatic carbocycles. The lowest BCUT2D eigenvalue weighted by Crippen LogP contribution is -2.53. The van der Waals surface area contributed by atoms with E-state index in [1.165, 1.54) is 11.3 Å². The molecule has 1 atom stereocenters. The Morgan fingerprint density at radius 1 is 0.973 bits per heavy atom. The summed E-state index contributed by atoms with van der Waals surface area (Å²) in [5.74, 6) is 1.92. The van der Waals surface area contributed by atoms with Crippen molar-refractivity contribution in [1.82, 2.24) is 9.88 Å². The van der Waals surface area contributed by atoms with Gasteiger partial charge in [0.2, 0.25) is 0 Å². The van der Waals surface area contributed by atoms with Crippen molar-refractivity contribution in [3.63, 3.8) is 0 Å². The first-order valence-electron chi connectivity index (χ1n) is 12.5. The quantitative estimate of drug-likeness (QED) is 0.372. The number of nitrogens with one attached hydrogen (secondary N) is 1. The summed E-state index contributed by atoms with van der Waals surface area (Å²) in [5, 5.41) is 4.18. The van der Waals surface area contributed by atoms with Crippen LogP contribution >= 0.6 is 0 Å². The van der Waals surface area contributed by atoms with Crippen molar-refractivity contribution in [2.45, 2.75) is 19.9 Å². The highest BCUT2D eigenvalue weighted by molar-refractivity contribution is 6.07. The highest BCUT2D eigenvalue weighted by Gasteiger charge is 2.29. The van der Waals surface area contributed by atoms with Gasteiger partial charge in [-0.3, -0.25) is 4.79 Å². The van der Waals surface area contributed by atoms with E-state index in [1.54, 1.807) is 14.2 Å². The van der Waals surface area contributed by atoms with Crippen LogP contribution in [0.2, 0.25) is 0 Å². The van der Waals surface area contributed by atoms with Gasteiger partial charge in [0.05, 0.1) is 31.0 Å². The van der Waals surface area contributed by atoms with E-state index in [2.05, 4.69) is 48.3 Å². The van der Waals surface area contributed by atoms with Gasteiger partial charge in [-0.05, 0) is 55.8 Å². The molecule has 0 spiro atoms. The van der Waals surface area contributed by atoms with Crippen LogP contribution in [0.1, 0.15) is 22.8 Å². The van der Waals surface area contributed by atoms with Crippen LogP contribution in [0.15, 0.2) is 72.8 Å². The van der Waals surface area contributed by atoms with Crippen molar-refractivity contribution in [3.8, 4) is 11.5 Å². The number of methoxy groups -OCH3 is 2. The third-order valence-corrected chi connectivity index (χ3v) is 6.87. The van der Waals surface area contributed by atoms with E-state index in [4.69, 9.17) is 14.5 Å². The molecule has 2 heterocycles. The molecule has 1 aliphatic heterocycles. The van der Waals surface area contributed by atoms with Crippen LogP contribution in [0.4, 0.5) is 17.2 Å². The third kappa shape index (κ3) is 5.03. The Labute approximate surface area is 217 Å². The smallest absolute Gasteiger partial charge is 0.254 e. The Hall–Kier alpha value is -4.26. The SMILES string of the molecule is COc1ccc(Nc2cc(C(=O)N3CCN(c4cccc(C)c4)[C@@H](C)C3)c3ccccc3n2)c(OC)c1. The second-order valence-corrected chi connectivity index (χ2v) is 9.40. The fraction of sp³-hybridized carbons (Fsp3) is 0.267. The number of anilines is 3. The number of benzene rings is 3. The van der Waals surface area contributed by atoms with Gasteiger partial charge in [0.1, 0.15) is 17.3 Å². The molecule has 3 aromatic carbocycles. The number of carbonyl (C=O) groups is 1. The fourth-order valence-electron chi connectivity index (χ4n) is 4.96. The number of aryl methyl sites for hydroxylation is 1. The monoisotopic (exact) mass is 496 g/mol. The topological polar surface area (TPSA) is 66.9 Å². The molecule has 37 heavy (non-hydrogen) atoms. The number of nitrogens with zero attached hydrogens (tertiary/aromatic N) is 3. The van der Waals surface area contributed by atoms with Gasteiger partial charge in [-0.15, -0.1) is 0 Å². The normalized spacial score (nSPS) is 15.5. The van der Waals surface area contributed by atoms with Gasteiger partial charge in [0, 0.05) is 42.8 Å². The lowest BCUT2D eigenvalue weighted by atomic mass is 10.1. The number of ether oxygens (including phenoxy) is 2. The molecule has 0 saturated carbocycles. The molecule has 1 fully saturated rings. The van der Waals surface area contributed by atoms with Crippen LogP contribution in [-0.4, -0.2) is 55.7 Å². The van der Waals surface area contributed by atoms with Crippen LogP contribution in [0, 0.1) is 6.92 Å². The van der Waals surface area contributed by atoms with Gasteiger partial charge < -0.3 is 24.6 Å². The maximum Gasteiger partial charge on any atom is 0.254 e. The highest BCUT2D eigenvalue weighted by atomic mass is 16.5. The first kappa shape index (κ1) is 24.4. The summed E-state index contributed by atoms with van der Waals surface area (Å²) < 4.78 is 10.8. The Bertz CT molecular complexity index is 1440. The number of hydrogen-bond acceptors (Lipinski definition) is 6. The predicted octanol–water partition coefficient (Wildman–Crippen LogP) is 5.65. The number of hydrogen-bond donors (Lipinski definition) is 1. The molecule has 1 saturated heterocycles. The average molecular weight is 497 g/mol. The Kier molecular flexibility index (Phi) is 6.86. The van der Waals surface area contributed by atoms with E-state index in [9.17, 15) is 4.79 Å². The number of para-hydroxylation sites is 1. The van der Waals surface area contributed by atoms with Crippen molar-refractivity contribution < 1.29 is 14.3 Å². The minimum Gasteiger partial charge on any atom is -0.497 e. The molecular formula is C30H32N4O3. The van der Waals surface area contributed by atoms with Crippen molar-refractivity contribution in [2.75, 3.05) is 44.1 Å². The van der Waals surface area contributed by atoms with Gasteiger partial charge in [-0.25, -0.2) is 4.98 Å². The van der Waals surface area contributed by atoms with E-state index in [1.807, 2.05) is 53.4 Å². The zero-order chi connectivity index (χ0) is 25.9. The number of rotatable bonds is 6. The second-order valence-electron chi connectivity index (χ2n) is 9.40. The summed E-state index contributed by atoms with van der Waals surface area (Å²) in [4.78, 5) is 23.0. The molecule has 5 rings (SSSR count). The maximum atomic E-state index is 13.9. The molecule has 4 aromatic rings. The molecule has 0 radical (unpaired) electrons. The van der Waals surface area contributed by atoms with Gasteiger partial charge in [0.25, 0.3) is 5.91 Å². The molecule has 190 valence electrons. The van der Waals surface area contributed by atoms with E-state index in [0.29, 0.717) is 36.0 Å². The van der Waals surface area contributed by atoms with Crippen LogP contribution < -0.4 is 19.7 Å². The van der Waals surface area contributed by atoms with Crippen LogP contribution in [0.3, 0.4) is 0 Å². The van der Waals surface area contributed by atoms with E-state index < -0.39 is 0 Å². The van der Waals surface area contributed by atoms with E-state index >= 15 is 0 Å². The van der Waals surface area contributed by atoms with Gasteiger partial charge in [0.15, 0.2) is 0 Å². The molecule has 7 nitrogen and oxygen atoms in total. The largest absolute Gasteiger partial charge is 0.497 e. The highest BCUT2D eigenvalue weighted by Crippen LogP contribution is 2.33. The molecule has 7 heteroatoms. The van der Waals surface area contributed by atoms with Crippen LogP contribution in [0.5, 0.6) is 11.5 Å². The summed E-state index contributed by atoms with van der Waals surface area (Å²) in [6.07, 6.45) is 0. The van der Waals surface area contributed by atoms with Gasteiger partial charge >= 0.3 is 0 Å². The summed E-state index contributed by atoms with van der Waals surface area (Å²) in [6.45, 7) is 6.37. The molecule has 0 unspecified atom stereocenters. The predicted molar refractivity (Wildman–Crippen MR) is 148 cm³/mol. The van der Waals surface area contributed by atoms with E-state index in [0.717, 1.165) is 23.1 Å². The van der Waals surface area contributed by atoms with Crippen LogP contribution in [-0.2, 0) is 0 Å². The van der Waals surface area contributed by atoms with Crippen molar-refractivity contribution in [3.05, 3.63) is 83.9 Å². The number of carbonyl (C=O) groups excluding carboxylic acids is 1. The first-order valence-corrected chi connectivity index (χ1v) is 12.5. The minimum absolute atomic E-state index is 0.0130. The molecular weight excluding hydrogens is 464 g/mol. The number of amides is 1. The van der Waals surface area contributed by atoms with Crippen LogP contribution in [0.25, 0.3) is 10.9 Å². The van der Waals surface area contributed by atoms with Crippen molar-refractivity contribution in [1.29, 1.82) is 0 Å². The molecule has 1 amide bonds. The average Bonchev–Trinajstić information content (AvgIpc) is 2.92. The lowest BCUT2D eigenvalue weighted by molar-refractivity contribution is 0.0728. The summed E-state index contributed by atoms with van der Waals surface area (Å²) >= 11 is 0. The summed E-state index contributed by atoms with van der Waals surface area (Å²) in [6, 6.07) is 23.9. The maximum absolute atomic E-state index is 13.9. The first-order chi connectivity index (χ1) is 18.0. The molecule has 1 aromatic heterocycles. The minimum atomic E-state index is 0.0130. The van der Waals surface area contributed by atoms with Gasteiger partial charge in [-0.2, -0.15) is 0 Å². The molecule has 1 N–H and O–H groups in total. The number of fused-ring (bicyclic) bond motifs is 1. The molecule has 1 aliphatic rings. The summed E-state index contributed by atoms with van der Waals surface area (Å²) in [5.41, 5.74) is 4.57. The fourth-order valence-corrected chi connectivity index (χ4v) is 4.96.